The lowest BCUT2D eigenvalue weighted by Crippen LogP contribution is -2.05. The standard InChI is InChI=1S/C22H23NO2.ClH/c1-16-12-18(20-10-6-7-11-21(20)24-2)13-19(14-23)22(16)25-15-17-8-4-3-5-9-17;/h3-13H,14-15,23H2,1-2H3;1H. The van der Waals surface area contributed by atoms with Gasteiger partial charge in [0.25, 0.3) is 0 Å². The summed E-state index contributed by atoms with van der Waals surface area (Å²) in [6, 6.07) is 22.3. The third-order valence-corrected chi connectivity index (χ3v) is 4.22. The molecule has 26 heavy (non-hydrogen) atoms. The fraction of sp³-hybridized carbons (Fsp3) is 0.182. The minimum atomic E-state index is 0. The number of para-hydroxylation sites is 1. The van der Waals surface area contributed by atoms with Gasteiger partial charge >= 0.3 is 0 Å². The Morgan fingerprint density at radius 3 is 2.31 bits per heavy atom. The summed E-state index contributed by atoms with van der Waals surface area (Å²) in [5.41, 5.74) is 11.3. The molecule has 0 fully saturated rings. The highest BCUT2D eigenvalue weighted by molar-refractivity contribution is 5.85. The van der Waals surface area contributed by atoms with Gasteiger partial charge in [-0.25, -0.2) is 0 Å². The molecule has 0 aliphatic rings. The van der Waals surface area contributed by atoms with Crippen LogP contribution in [0.1, 0.15) is 16.7 Å². The minimum absolute atomic E-state index is 0. The third kappa shape index (κ3) is 4.37. The van der Waals surface area contributed by atoms with Crippen LogP contribution in [-0.4, -0.2) is 7.11 Å². The summed E-state index contributed by atoms with van der Waals surface area (Å²) in [6.07, 6.45) is 0. The predicted molar refractivity (Wildman–Crippen MR) is 109 cm³/mol. The van der Waals surface area contributed by atoms with Gasteiger partial charge in [-0.15, -0.1) is 12.4 Å². The van der Waals surface area contributed by atoms with Gasteiger partial charge in [-0.3, -0.25) is 0 Å². The van der Waals surface area contributed by atoms with Crippen LogP contribution in [0.15, 0.2) is 66.7 Å². The van der Waals surface area contributed by atoms with Crippen LogP contribution in [0.25, 0.3) is 11.1 Å². The minimum Gasteiger partial charge on any atom is -0.496 e. The molecule has 0 amide bonds. The van der Waals surface area contributed by atoms with Gasteiger partial charge < -0.3 is 15.2 Å². The average Bonchev–Trinajstić information content (AvgIpc) is 2.67. The topological polar surface area (TPSA) is 44.5 Å². The summed E-state index contributed by atoms with van der Waals surface area (Å²) >= 11 is 0. The molecule has 0 saturated carbocycles. The van der Waals surface area contributed by atoms with E-state index in [2.05, 4.69) is 37.3 Å². The number of aryl methyl sites for hydroxylation is 1. The zero-order valence-corrected chi connectivity index (χ0v) is 15.9. The van der Waals surface area contributed by atoms with E-state index in [1.54, 1.807) is 7.11 Å². The molecule has 3 aromatic carbocycles. The molecule has 0 bridgehead atoms. The molecule has 0 spiro atoms. The molecule has 0 heterocycles. The van der Waals surface area contributed by atoms with E-state index in [-0.39, 0.29) is 12.4 Å². The van der Waals surface area contributed by atoms with E-state index in [4.69, 9.17) is 15.2 Å². The van der Waals surface area contributed by atoms with Gasteiger partial charge in [0.15, 0.2) is 0 Å². The first kappa shape index (κ1) is 19.8. The molecule has 4 heteroatoms. The van der Waals surface area contributed by atoms with E-state index in [0.29, 0.717) is 13.2 Å². The third-order valence-electron chi connectivity index (χ3n) is 4.22. The van der Waals surface area contributed by atoms with Gasteiger partial charge in [-0.1, -0.05) is 48.5 Å². The highest BCUT2D eigenvalue weighted by atomic mass is 35.5. The van der Waals surface area contributed by atoms with Crippen molar-refractivity contribution in [2.45, 2.75) is 20.1 Å². The first-order chi connectivity index (χ1) is 12.2. The van der Waals surface area contributed by atoms with Gasteiger partial charge in [-0.05, 0) is 41.8 Å². The Balaban J connectivity index is 0.00000243. The lowest BCUT2D eigenvalue weighted by atomic mass is 9.98. The van der Waals surface area contributed by atoms with E-state index >= 15 is 0 Å². The van der Waals surface area contributed by atoms with E-state index in [9.17, 15) is 0 Å². The summed E-state index contributed by atoms with van der Waals surface area (Å²) in [7, 11) is 1.69. The number of halogens is 1. The predicted octanol–water partition coefficient (Wildman–Crippen LogP) is 5.13. The first-order valence-corrected chi connectivity index (χ1v) is 8.36. The lowest BCUT2D eigenvalue weighted by molar-refractivity contribution is 0.301. The molecule has 0 aliphatic carbocycles. The SMILES string of the molecule is COc1ccccc1-c1cc(C)c(OCc2ccccc2)c(CN)c1.Cl. The molecule has 3 nitrogen and oxygen atoms in total. The maximum atomic E-state index is 6.08. The Kier molecular flexibility index (Phi) is 7.07. The molecular weight excluding hydrogens is 346 g/mol. The highest BCUT2D eigenvalue weighted by Gasteiger charge is 2.12. The van der Waals surface area contributed by atoms with Crippen LogP contribution in [0.3, 0.4) is 0 Å². The quantitative estimate of drug-likeness (QED) is 0.655. The fourth-order valence-electron chi connectivity index (χ4n) is 2.97. The second kappa shape index (κ2) is 9.27. The molecule has 2 N–H and O–H groups in total. The second-order valence-corrected chi connectivity index (χ2v) is 5.96. The Morgan fingerprint density at radius 2 is 1.62 bits per heavy atom. The summed E-state index contributed by atoms with van der Waals surface area (Å²) in [4.78, 5) is 0. The Hall–Kier alpha value is -2.49. The molecule has 0 radical (unpaired) electrons. The van der Waals surface area contributed by atoms with Crippen molar-refractivity contribution in [2.75, 3.05) is 7.11 Å². The van der Waals surface area contributed by atoms with Crippen molar-refractivity contribution >= 4 is 12.4 Å². The van der Waals surface area contributed by atoms with Gasteiger partial charge in [0.2, 0.25) is 0 Å². The number of rotatable bonds is 6. The van der Waals surface area contributed by atoms with E-state index in [0.717, 1.165) is 39.3 Å². The summed E-state index contributed by atoms with van der Waals surface area (Å²) in [5, 5.41) is 0. The largest absolute Gasteiger partial charge is 0.496 e. The zero-order chi connectivity index (χ0) is 17.6. The zero-order valence-electron chi connectivity index (χ0n) is 15.1. The molecule has 0 unspecified atom stereocenters. The molecule has 0 aliphatic heterocycles. The van der Waals surface area contributed by atoms with Crippen molar-refractivity contribution in [1.82, 2.24) is 0 Å². The molecule has 0 saturated heterocycles. The molecule has 136 valence electrons. The van der Waals surface area contributed by atoms with E-state index in [1.165, 1.54) is 0 Å². The first-order valence-electron chi connectivity index (χ1n) is 8.36. The van der Waals surface area contributed by atoms with Crippen molar-refractivity contribution in [3.05, 3.63) is 83.4 Å². The van der Waals surface area contributed by atoms with Crippen LogP contribution < -0.4 is 15.2 Å². The van der Waals surface area contributed by atoms with Crippen LogP contribution in [0, 0.1) is 6.92 Å². The molecular formula is C22H24ClNO2. The van der Waals surface area contributed by atoms with Crippen molar-refractivity contribution < 1.29 is 9.47 Å². The normalized spacial score (nSPS) is 10.1. The second-order valence-electron chi connectivity index (χ2n) is 5.96. The summed E-state index contributed by atoms with van der Waals surface area (Å²) in [6.45, 7) is 3.01. The van der Waals surface area contributed by atoms with Crippen molar-refractivity contribution in [2.24, 2.45) is 5.73 Å². The monoisotopic (exact) mass is 369 g/mol. The Morgan fingerprint density at radius 1 is 0.923 bits per heavy atom. The summed E-state index contributed by atoms with van der Waals surface area (Å²) < 4.78 is 11.6. The smallest absolute Gasteiger partial charge is 0.127 e. The number of methoxy groups -OCH3 is 1. The number of ether oxygens (including phenoxy) is 2. The highest BCUT2D eigenvalue weighted by Crippen LogP contribution is 2.35. The average molecular weight is 370 g/mol. The number of nitrogens with two attached hydrogens (primary N) is 1. The van der Waals surface area contributed by atoms with Gasteiger partial charge in [-0.2, -0.15) is 0 Å². The van der Waals surface area contributed by atoms with Crippen molar-refractivity contribution in [3.63, 3.8) is 0 Å². The summed E-state index contributed by atoms with van der Waals surface area (Å²) in [5.74, 6) is 1.72. The van der Waals surface area contributed by atoms with Crippen molar-refractivity contribution in [3.8, 4) is 22.6 Å². The molecule has 0 aromatic heterocycles. The Labute approximate surface area is 161 Å². The van der Waals surface area contributed by atoms with Crippen LogP contribution in [-0.2, 0) is 13.2 Å². The fourth-order valence-corrected chi connectivity index (χ4v) is 2.97. The van der Waals surface area contributed by atoms with Gasteiger partial charge in [0, 0.05) is 17.7 Å². The van der Waals surface area contributed by atoms with E-state index < -0.39 is 0 Å². The molecule has 0 atom stereocenters. The maximum absolute atomic E-state index is 6.08. The lowest BCUT2D eigenvalue weighted by Gasteiger charge is -2.17. The van der Waals surface area contributed by atoms with Crippen LogP contribution >= 0.6 is 12.4 Å². The molecule has 3 rings (SSSR count). The number of hydrogen-bond donors (Lipinski definition) is 1. The maximum Gasteiger partial charge on any atom is 0.127 e. The van der Waals surface area contributed by atoms with Gasteiger partial charge in [0.05, 0.1) is 7.11 Å². The van der Waals surface area contributed by atoms with Gasteiger partial charge in [0.1, 0.15) is 18.1 Å². The van der Waals surface area contributed by atoms with E-state index in [1.807, 2.05) is 36.4 Å². The van der Waals surface area contributed by atoms with Crippen molar-refractivity contribution in [1.29, 1.82) is 0 Å². The Bertz CT molecular complexity index is 850. The van der Waals surface area contributed by atoms with Crippen LogP contribution in [0.2, 0.25) is 0 Å². The molecule has 3 aromatic rings. The van der Waals surface area contributed by atoms with Crippen LogP contribution in [0.4, 0.5) is 0 Å². The van der Waals surface area contributed by atoms with Crippen LogP contribution in [0.5, 0.6) is 11.5 Å². The number of benzene rings is 3. The number of hydrogen-bond acceptors (Lipinski definition) is 3.